The van der Waals surface area contributed by atoms with Gasteiger partial charge in [0.15, 0.2) is 0 Å². The molecule has 0 aromatic heterocycles. The molecule has 1 aliphatic rings. The van der Waals surface area contributed by atoms with Gasteiger partial charge in [-0.1, -0.05) is 0 Å². The van der Waals surface area contributed by atoms with Crippen LogP contribution in [0.5, 0.6) is 0 Å². The summed E-state index contributed by atoms with van der Waals surface area (Å²) in [5.74, 6) is 0.0651. The average Bonchev–Trinajstić information content (AvgIpc) is 2.44. The molecule has 1 heterocycles. The number of benzene rings is 1. The van der Waals surface area contributed by atoms with Crippen molar-refractivity contribution in [3.63, 3.8) is 0 Å². The van der Waals surface area contributed by atoms with Crippen molar-refractivity contribution in [3.05, 3.63) is 33.9 Å². The molecule has 1 N–H and O–H groups in total. The van der Waals surface area contributed by atoms with Gasteiger partial charge in [0.1, 0.15) is 0 Å². The maximum atomic E-state index is 12.0. The van der Waals surface area contributed by atoms with Crippen LogP contribution in [0.1, 0.15) is 31.2 Å². The van der Waals surface area contributed by atoms with Crippen LogP contribution in [-0.4, -0.2) is 29.1 Å². The smallest absolute Gasteiger partial charge is 0.269 e. The molecule has 6 heteroatoms. The van der Waals surface area contributed by atoms with Crippen LogP contribution in [-0.2, 0) is 11.2 Å². The van der Waals surface area contributed by atoms with Crippen molar-refractivity contribution in [2.24, 2.45) is 0 Å². The summed E-state index contributed by atoms with van der Waals surface area (Å²) in [6, 6.07) is 4.66. The van der Waals surface area contributed by atoms with Gasteiger partial charge < -0.3 is 10.0 Å². The fourth-order valence-corrected chi connectivity index (χ4v) is 2.46. The van der Waals surface area contributed by atoms with E-state index in [2.05, 4.69) is 0 Å². The Morgan fingerprint density at radius 1 is 1.25 bits per heavy atom. The first-order chi connectivity index (χ1) is 9.63. The van der Waals surface area contributed by atoms with E-state index in [0.29, 0.717) is 19.4 Å². The summed E-state index contributed by atoms with van der Waals surface area (Å²) in [5, 5.41) is 19.5. The minimum Gasteiger partial charge on any atom is -0.396 e. The number of unbranched alkanes of at least 4 members (excludes halogenated alkanes) is 2. The number of nitrogens with zero attached hydrogens (tertiary/aromatic N) is 2. The number of aryl methyl sites for hydroxylation is 1. The highest BCUT2D eigenvalue weighted by Crippen LogP contribution is 2.31. The van der Waals surface area contributed by atoms with E-state index < -0.39 is 4.92 Å². The standard InChI is InChI=1S/C14H18N2O4/c17-9-3-1-2-8-15-13-6-5-12(16(19)20)10-11(13)4-7-14(15)18/h5-6,10,17H,1-4,7-9H2. The zero-order valence-corrected chi connectivity index (χ0v) is 11.2. The number of rotatable bonds is 6. The van der Waals surface area contributed by atoms with Gasteiger partial charge in [0.05, 0.1) is 4.92 Å². The number of carbonyl (C=O) groups is 1. The van der Waals surface area contributed by atoms with E-state index in [1.165, 1.54) is 6.07 Å². The maximum absolute atomic E-state index is 12.0. The first kappa shape index (κ1) is 14.5. The molecule has 0 spiro atoms. The number of nitro benzene ring substituents is 1. The molecule has 0 saturated carbocycles. The molecular weight excluding hydrogens is 260 g/mol. The van der Waals surface area contributed by atoms with Gasteiger partial charge in [-0.25, -0.2) is 0 Å². The van der Waals surface area contributed by atoms with E-state index in [9.17, 15) is 14.9 Å². The highest BCUT2D eigenvalue weighted by molar-refractivity contribution is 5.96. The van der Waals surface area contributed by atoms with Crippen LogP contribution < -0.4 is 4.90 Å². The van der Waals surface area contributed by atoms with Gasteiger partial charge in [-0.15, -0.1) is 0 Å². The Morgan fingerprint density at radius 3 is 2.75 bits per heavy atom. The van der Waals surface area contributed by atoms with Crippen molar-refractivity contribution in [2.45, 2.75) is 32.1 Å². The highest BCUT2D eigenvalue weighted by atomic mass is 16.6. The number of hydrogen-bond donors (Lipinski definition) is 1. The van der Waals surface area contributed by atoms with Crippen LogP contribution in [0.3, 0.4) is 0 Å². The fraction of sp³-hybridized carbons (Fsp3) is 0.500. The Kier molecular flexibility index (Phi) is 4.68. The van der Waals surface area contributed by atoms with Crippen molar-refractivity contribution in [1.29, 1.82) is 0 Å². The lowest BCUT2D eigenvalue weighted by molar-refractivity contribution is -0.384. The lowest BCUT2D eigenvalue weighted by Crippen LogP contribution is -2.35. The Labute approximate surface area is 117 Å². The molecule has 0 bridgehead atoms. The number of non-ortho nitro benzene ring substituents is 1. The van der Waals surface area contributed by atoms with Crippen LogP contribution in [0.4, 0.5) is 11.4 Å². The first-order valence-corrected chi connectivity index (χ1v) is 6.82. The second kappa shape index (κ2) is 6.47. The Bertz CT molecular complexity index is 516. The summed E-state index contributed by atoms with van der Waals surface area (Å²) in [4.78, 5) is 24.1. The fourth-order valence-electron chi connectivity index (χ4n) is 2.46. The number of nitro groups is 1. The quantitative estimate of drug-likeness (QED) is 0.490. The molecule has 20 heavy (non-hydrogen) atoms. The van der Waals surface area contributed by atoms with E-state index in [0.717, 1.165) is 30.5 Å². The van der Waals surface area contributed by atoms with Crippen molar-refractivity contribution in [3.8, 4) is 0 Å². The molecule has 0 aliphatic carbocycles. The molecule has 1 aromatic carbocycles. The molecule has 1 aromatic rings. The minimum absolute atomic E-state index is 0.0651. The molecular formula is C14H18N2O4. The minimum atomic E-state index is -0.414. The summed E-state index contributed by atoms with van der Waals surface area (Å²) < 4.78 is 0. The van der Waals surface area contributed by atoms with Crippen LogP contribution in [0.15, 0.2) is 18.2 Å². The van der Waals surface area contributed by atoms with Gasteiger partial charge in [0.25, 0.3) is 5.69 Å². The topological polar surface area (TPSA) is 83.7 Å². The molecule has 1 aliphatic heterocycles. The van der Waals surface area contributed by atoms with Crippen molar-refractivity contribution >= 4 is 17.3 Å². The lowest BCUT2D eigenvalue weighted by Gasteiger charge is -2.29. The van der Waals surface area contributed by atoms with Crippen LogP contribution >= 0.6 is 0 Å². The number of carbonyl (C=O) groups excluding carboxylic acids is 1. The Morgan fingerprint density at radius 2 is 2.05 bits per heavy atom. The molecule has 0 fully saturated rings. The molecule has 108 valence electrons. The number of hydrogen-bond acceptors (Lipinski definition) is 4. The number of amides is 1. The summed E-state index contributed by atoms with van der Waals surface area (Å²) >= 11 is 0. The van der Waals surface area contributed by atoms with Crippen LogP contribution in [0, 0.1) is 10.1 Å². The molecule has 0 unspecified atom stereocenters. The average molecular weight is 278 g/mol. The largest absolute Gasteiger partial charge is 0.396 e. The maximum Gasteiger partial charge on any atom is 0.269 e. The Balaban J connectivity index is 2.14. The SMILES string of the molecule is O=C1CCc2cc([N+](=O)[O-])ccc2N1CCCCCO. The number of fused-ring (bicyclic) bond motifs is 1. The predicted molar refractivity (Wildman–Crippen MR) is 74.7 cm³/mol. The lowest BCUT2D eigenvalue weighted by atomic mass is 10.00. The van der Waals surface area contributed by atoms with Gasteiger partial charge in [0, 0.05) is 37.4 Å². The zero-order chi connectivity index (χ0) is 14.5. The van der Waals surface area contributed by atoms with E-state index in [1.54, 1.807) is 17.0 Å². The second-order valence-corrected chi connectivity index (χ2v) is 4.90. The number of aliphatic hydroxyl groups excluding tert-OH is 1. The summed E-state index contributed by atoms with van der Waals surface area (Å²) in [6.45, 7) is 0.764. The molecule has 0 saturated heterocycles. The van der Waals surface area contributed by atoms with Gasteiger partial charge >= 0.3 is 0 Å². The van der Waals surface area contributed by atoms with E-state index in [4.69, 9.17) is 5.11 Å². The summed E-state index contributed by atoms with van der Waals surface area (Å²) in [6.07, 6.45) is 3.37. The van der Waals surface area contributed by atoms with E-state index in [-0.39, 0.29) is 18.2 Å². The molecule has 1 amide bonds. The molecule has 6 nitrogen and oxygen atoms in total. The van der Waals surface area contributed by atoms with Gasteiger partial charge in [-0.2, -0.15) is 0 Å². The third-order valence-electron chi connectivity index (χ3n) is 3.51. The van der Waals surface area contributed by atoms with Crippen LogP contribution in [0.25, 0.3) is 0 Å². The molecule has 0 atom stereocenters. The zero-order valence-electron chi connectivity index (χ0n) is 11.2. The van der Waals surface area contributed by atoms with Gasteiger partial charge in [-0.05, 0) is 37.3 Å². The van der Waals surface area contributed by atoms with Crippen LogP contribution in [0.2, 0.25) is 0 Å². The number of aliphatic hydroxyl groups is 1. The third kappa shape index (κ3) is 3.14. The predicted octanol–water partition coefficient (Wildman–Crippen LogP) is 2.04. The van der Waals surface area contributed by atoms with Crippen molar-refractivity contribution < 1.29 is 14.8 Å². The van der Waals surface area contributed by atoms with E-state index in [1.807, 2.05) is 0 Å². The highest BCUT2D eigenvalue weighted by Gasteiger charge is 2.25. The number of anilines is 1. The van der Waals surface area contributed by atoms with Gasteiger partial charge in [-0.3, -0.25) is 14.9 Å². The second-order valence-electron chi connectivity index (χ2n) is 4.90. The first-order valence-electron chi connectivity index (χ1n) is 6.82. The summed E-state index contributed by atoms with van der Waals surface area (Å²) in [7, 11) is 0. The van der Waals surface area contributed by atoms with Gasteiger partial charge in [0.2, 0.25) is 5.91 Å². The molecule has 2 rings (SSSR count). The van der Waals surface area contributed by atoms with Crippen molar-refractivity contribution in [1.82, 2.24) is 0 Å². The normalized spacial score (nSPS) is 14.2. The summed E-state index contributed by atoms with van der Waals surface area (Å²) in [5.41, 5.74) is 1.72. The molecule has 0 radical (unpaired) electrons. The van der Waals surface area contributed by atoms with E-state index >= 15 is 0 Å². The monoisotopic (exact) mass is 278 g/mol. The Hall–Kier alpha value is -1.95. The third-order valence-corrected chi connectivity index (χ3v) is 3.51. The van der Waals surface area contributed by atoms with Crippen molar-refractivity contribution in [2.75, 3.05) is 18.1 Å².